The lowest BCUT2D eigenvalue weighted by Gasteiger charge is -2.29. The summed E-state index contributed by atoms with van der Waals surface area (Å²) >= 11 is 1.95. The van der Waals surface area contributed by atoms with Gasteiger partial charge in [-0.3, -0.25) is 0 Å². The van der Waals surface area contributed by atoms with Gasteiger partial charge in [0.25, 0.3) is 0 Å². The summed E-state index contributed by atoms with van der Waals surface area (Å²) < 4.78 is 0. The molecule has 8 rings (SSSR count). The zero-order chi connectivity index (χ0) is 35.1. The van der Waals surface area contributed by atoms with Crippen LogP contribution in [0.4, 0.5) is 11.4 Å². The highest BCUT2D eigenvalue weighted by molar-refractivity contribution is 8.00. The van der Waals surface area contributed by atoms with Crippen LogP contribution in [0.25, 0.3) is 39.1 Å². The van der Waals surface area contributed by atoms with Gasteiger partial charge in [-0.25, -0.2) is 0 Å². The fourth-order valence-corrected chi connectivity index (χ4v) is 9.15. The molecule has 0 bridgehead atoms. The number of anilines is 2. The number of para-hydroxylation sites is 1. The van der Waals surface area contributed by atoms with Gasteiger partial charge in [0.15, 0.2) is 0 Å². The first-order chi connectivity index (χ1) is 24.9. The number of rotatable bonds is 7. The molecular formula is C49H45NS. The molecule has 2 heteroatoms. The molecule has 2 aliphatic heterocycles. The number of hydrogen-bond acceptors (Lipinski definition) is 2. The number of allylic oxidation sites excluding steroid dienone is 7. The standard InChI is InChI=1S/C49H45NS/c1-6-8-15-35-30-44(34-24-26-37(27-25-34)49(3,4)5)40-16-9-10-19-43(40)48(35)33(7-2)22-23-36-32-51-47-31-38(28-29-39(36)47)50-45-20-13-11-17-41(45)42-18-12-14-21-46(42)50/h6,8-31,41,45H,1,7,32H2,2-5H3/b15-8-,33-22+,36-23+/t41?,45-/m0/s1. The average Bonchev–Trinajstić information content (AvgIpc) is 3.72. The second kappa shape index (κ2) is 13.6. The lowest BCUT2D eigenvalue weighted by Crippen LogP contribution is -2.28. The summed E-state index contributed by atoms with van der Waals surface area (Å²) in [6.45, 7) is 13.1. The van der Waals surface area contributed by atoms with E-state index in [1.807, 2.05) is 17.8 Å². The van der Waals surface area contributed by atoms with Crippen LogP contribution in [0.15, 0.2) is 157 Å². The Bertz CT molecular complexity index is 2300. The molecule has 51 heavy (non-hydrogen) atoms. The molecule has 0 aromatic heterocycles. The van der Waals surface area contributed by atoms with Crippen molar-refractivity contribution in [2.24, 2.45) is 0 Å². The Labute approximate surface area is 308 Å². The third-order valence-electron chi connectivity index (χ3n) is 10.7. The van der Waals surface area contributed by atoms with E-state index in [1.165, 1.54) is 77.1 Å². The maximum Gasteiger partial charge on any atom is 0.0629 e. The first-order valence-corrected chi connectivity index (χ1v) is 19.2. The molecule has 3 aliphatic rings. The van der Waals surface area contributed by atoms with Crippen LogP contribution in [-0.4, -0.2) is 11.8 Å². The van der Waals surface area contributed by atoms with E-state index in [-0.39, 0.29) is 5.41 Å². The Hall–Kier alpha value is -5.05. The topological polar surface area (TPSA) is 3.24 Å². The number of fused-ring (bicyclic) bond motifs is 5. The lowest BCUT2D eigenvalue weighted by molar-refractivity contribution is 0.590. The third-order valence-corrected chi connectivity index (χ3v) is 11.8. The fourth-order valence-electron chi connectivity index (χ4n) is 8.03. The Morgan fingerprint density at radius 1 is 0.863 bits per heavy atom. The smallest absolute Gasteiger partial charge is 0.0629 e. The maximum atomic E-state index is 4.00. The molecule has 5 aromatic rings. The Morgan fingerprint density at radius 3 is 2.41 bits per heavy atom. The summed E-state index contributed by atoms with van der Waals surface area (Å²) in [5.41, 5.74) is 14.6. The Balaban J connectivity index is 1.17. The Kier molecular flexibility index (Phi) is 8.82. The Morgan fingerprint density at radius 2 is 1.63 bits per heavy atom. The molecule has 2 atom stereocenters. The van der Waals surface area contributed by atoms with E-state index >= 15 is 0 Å². The minimum atomic E-state index is 0.117. The van der Waals surface area contributed by atoms with Gasteiger partial charge in [-0.2, -0.15) is 0 Å². The highest BCUT2D eigenvalue weighted by atomic mass is 32.2. The summed E-state index contributed by atoms with van der Waals surface area (Å²) in [6, 6.07) is 36.7. The highest BCUT2D eigenvalue weighted by Crippen LogP contribution is 2.50. The van der Waals surface area contributed by atoms with Crippen LogP contribution in [-0.2, 0) is 5.41 Å². The molecule has 2 heterocycles. The number of benzene rings is 5. The van der Waals surface area contributed by atoms with Crippen molar-refractivity contribution in [2.45, 2.75) is 56.4 Å². The van der Waals surface area contributed by atoms with Crippen LogP contribution < -0.4 is 4.90 Å². The molecule has 1 aliphatic carbocycles. The quantitative estimate of drug-likeness (QED) is 0.158. The van der Waals surface area contributed by atoms with E-state index in [0.717, 1.165) is 12.2 Å². The predicted octanol–water partition coefficient (Wildman–Crippen LogP) is 13.7. The van der Waals surface area contributed by atoms with E-state index in [0.29, 0.717) is 12.0 Å². The van der Waals surface area contributed by atoms with Gasteiger partial charge < -0.3 is 4.90 Å². The largest absolute Gasteiger partial charge is 0.333 e. The minimum absolute atomic E-state index is 0.117. The lowest BCUT2D eigenvalue weighted by atomic mass is 9.84. The average molecular weight is 680 g/mol. The zero-order valence-corrected chi connectivity index (χ0v) is 30.9. The second-order valence-corrected chi connectivity index (χ2v) is 15.8. The van der Waals surface area contributed by atoms with Crippen molar-refractivity contribution < 1.29 is 0 Å². The van der Waals surface area contributed by atoms with Gasteiger partial charge in [-0.1, -0.05) is 162 Å². The SMILES string of the molecule is C=C/C=C\c1cc(-c2ccc(C(C)(C)C)cc2)c2ccccc2c1/C(=C/C=C1\CSc2cc(N3c4ccccc4C4C=CC=C[C@@H]43)ccc21)CC. The van der Waals surface area contributed by atoms with Crippen molar-refractivity contribution in [1.29, 1.82) is 0 Å². The fraction of sp³-hybridized carbons (Fsp3) is 0.184. The summed E-state index contributed by atoms with van der Waals surface area (Å²) in [6.07, 6.45) is 20.9. The van der Waals surface area contributed by atoms with Crippen LogP contribution in [0.2, 0.25) is 0 Å². The highest BCUT2D eigenvalue weighted by Gasteiger charge is 2.37. The summed E-state index contributed by atoms with van der Waals surface area (Å²) in [4.78, 5) is 3.90. The number of hydrogen-bond donors (Lipinski definition) is 0. The monoisotopic (exact) mass is 679 g/mol. The number of thioether (sulfide) groups is 1. The molecule has 252 valence electrons. The van der Waals surface area contributed by atoms with Crippen LogP contribution in [0.3, 0.4) is 0 Å². The van der Waals surface area contributed by atoms with Gasteiger partial charge in [0.2, 0.25) is 0 Å². The van der Waals surface area contributed by atoms with Crippen LogP contribution in [0.1, 0.15) is 67.9 Å². The van der Waals surface area contributed by atoms with Gasteiger partial charge in [-0.05, 0) is 97.0 Å². The van der Waals surface area contributed by atoms with E-state index in [1.54, 1.807) is 0 Å². The van der Waals surface area contributed by atoms with Gasteiger partial charge in [0.1, 0.15) is 0 Å². The van der Waals surface area contributed by atoms with Gasteiger partial charge in [0, 0.05) is 27.9 Å². The zero-order valence-electron chi connectivity index (χ0n) is 30.1. The van der Waals surface area contributed by atoms with Crippen molar-refractivity contribution in [3.8, 4) is 11.1 Å². The van der Waals surface area contributed by atoms with Gasteiger partial charge in [0.05, 0.1) is 6.04 Å². The van der Waals surface area contributed by atoms with E-state index < -0.39 is 0 Å². The molecule has 5 aromatic carbocycles. The molecule has 0 fully saturated rings. The molecule has 0 saturated carbocycles. The van der Waals surface area contributed by atoms with Crippen molar-refractivity contribution in [3.63, 3.8) is 0 Å². The molecule has 0 amide bonds. The van der Waals surface area contributed by atoms with E-state index in [4.69, 9.17) is 0 Å². The minimum Gasteiger partial charge on any atom is -0.333 e. The van der Waals surface area contributed by atoms with Crippen LogP contribution >= 0.6 is 11.8 Å². The summed E-state index contributed by atoms with van der Waals surface area (Å²) in [5.74, 6) is 1.37. The maximum absolute atomic E-state index is 4.00. The molecule has 1 unspecified atom stereocenters. The van der Waals surface area contributed by atoms with E-state index in [9.17, 15) is 0 Å². The molecule has 0 radical (unpaired) electrons. The van der Waals surface area contributed by atoms with Gasteiger partial charge >= 0.3 is 0 Å². The van der Waals surface area contributed by atoms with Crippen LogP contribution in [0, 0.1) is 0 Å². The molecule has 0 N–H and O–H groups in total. The molecule has 0 spiro atoms. The summed E-state index contributed by atoms with van der Waals surface area (Å²) in [5, 5.41) is 2.56. The van der Waals surface area contributed by atoms with Crippen molar-refractivity contribution in [1.82, 2.24) is 0 Å². The van der Waals surface area contributed by atoms with Gasteiger partial charge in [-0.15, -0.1) is 11.8 Å². The molecule has 1 nitrogen and oxygen atoms in total. The second-order valence-electron chi connectivity index (χ2n) is 14.8. The normalized spacial score (nSPS) is 18.9. The third kappa shape index (κ3) is 6.06. The van der Waals surface area contributed by atoms with Crippen molar-refractivity contribution in [3.05, 3.63) is 180 Å². The van der Waals surface area contributed by atoms with Crippen molar-refractivity contribution >= 4 is 51.1 Å². The van der Waals surface area contributed by atoms with Crippen molar-refractivity contribution in [2.75, 3.05) is 10.7 Å². The molecular weight excluding hydrogens is 635 g/mol. The van der Waals surface area contributed by atoms with Crippen LogP contribution in [0.5, 0.6) is 0 Å². The molecule has 0 saturated heterocycles. The predicted molar refractivity (Wildman–Crippen MR) is 224 cm³/mol. The van der Waals surface area contributed by atoms with E-state index in [2.05, 4.69) is 185 Å². The first kappa shape index (κ1) is 33.1. The number of nitrogens with zero attached hydrogens (tertiary/aromatic N) is 1. The summed E-state index contributed by atoms with van der Waals surface area (Å²) in [7, 11) is 0. The first-order valence-electron chi connectivity index (χ1n) is 18.2.